The van der Waals surface area contributed by atoms with Crippen LogP contribution in [0.5, 0.6) is 0 Å². The smallest absolute Gasteiger partial charge is 0.253 e. The molecule has 2 rings (SSSR count). The number of halogens is 2. The van der Waals surface area contributed by atoms with Crippen molar-refractivity contribution in [1.82, 2.24) is 15.5 Å². The van der Waals surface area contributed by atoms with Crippen molar-refractivity contribution in [3.05, 3.63) is 69.4 Å². The predicted octanol–water partition coefficient (Wildman–Crippen LogP) is 3.59. The highest BCUT2D eigenvalue weighted by Gasteiger charge is 2.08. The second-order valence-corrected chi connectivity index (χ2v) is 7.42. The highest BCUT2D eigenvalue weighted by molar-refractivity contribution is 9.10. The number of carbonyl (C=O) groups is 1. The summed E-state index contributed by atoms with van der Waals surface area (Å²) in [6.07, 6.45) is 0.742. The number of nitrogens with zero attached hydrogens (tertiary/aromatic N) is 2. The minimum Gasteiger partial charge on any atom is -0.357 e. The molecule has 0 aliphatic heterocycles. The van der Waals surface area contributed by atoms with E-state index in [4.69, 9.17) is 0 Å². The SMILES string of the molecule is CCNC(=NCc1ccc(Br)cc1F)NCCc1cccc(C(=O)N(C)C)c1. The Kier molecular flexibility index (Phi) is 8.44. The number of nitrogens with one attached hydrogen (secondary N) is 2. The van der Waals surface area contributed by atoms with Gasteiger partial charge in [0.2, 0.25) is 0 Å². The number of rotatable bonds is 7. The van der Waals surface area contributed by atoms with Crippen molar-refractivity contribution in [2.75, 3.05) is 27.2 Å². The molecule has 1 amide bonds. The summed E-state index contributed by atoms with van der Waals surface area (Å²) in [5.74, 6) is 0.336. The molecule has 2 N–H and O–H groups in total. The number of benzene rings is 2. The van der Waals surface area contributed by atoms with Crippen molar-refractivity contribution in [3.63, 3.8) is 0 Å². The molecule has 0 aliphatic carbocycles. The van der Waals surface area contributed by atoms with Crippen LogP contribution in [0.25, 0.3) is 0 Å². The third-order valence-corrected chi connectivity index (χ3v) is 4.55. The molecule has 0 heterocycles. The molecule has 0 fully saturated rings. The second-order valence-electron chi connectivity index (χ2n) is 6.51. The van der Waals surface area contributed by atoms with Gasteiger partial charge in [-0.3, -0.25) is 4.79 Å². The van der Waals surface area contributed by atoms with E-state index in [0.717, 1.165) is 12.0 Å². The molecule has 2 aromatic rings. The van der Waals surface area contributed by atoms with Gasteiger partial charge in [-0.2, -0.15) is 0 Å². The Bertz CT molecular complexity index is 839. The van der Waals surface area contributed by atoms with Crippen LogP contribution in [-0.4, -0.2) is 44.0 Å². The highest BCUT2D eigenvalue weighted by atomic mass is 79.9. The third-order valence-electron chi connectivity index (χ3n) is 4.05. The van der Waals surface area contributed by atoms with Gasteiger partial charge in [0, 0.05) is 42.8 Å². The van der Waals surface area contributed by atoms with Gasteiger partial charge in [-0.05, 0) is 43.2 Å². The summed E-state index contributed by atoms with van der Waals surface area (Å²) >= 11 is 3.26. The largest absolute Gasteiger partial charge is 0.357 e. The average molecular weight is 449 g/mol. The van der Waals surface area contributed by atoms with E-state index in [-0.39, 0.29) is 18.3 Å². The van der Waals surface area contributed by atoms with Crippen LogP contribution in [0.15, 0.2) is 51.9 Å². The van der Waals surface area contributed by atoms with Crippen LogP contribution in [-0.2, 0) is 13.0 Å². The fraction of sp³-hybridized carbons (Fsp3) is 0.333. The van der Waals surface area contributed by atoms with E-state index in [0.29, 0.717) is 34.6 Å². The normalized spacial score (nSPS) is 11.2. The maximum absolute atomic E-state index is 13.9. The van der Waals surface area contributed by atoms with Crippen LogP contribution < -0.4 is 10.6 Å². The van der Waals surface area contributed by atoms with Gasteiger partial charge in [-0.1, -0.05) is 34.1 Å². The van der Waals surface area contributed by atoms with Gasteiger partial charge in [-0.15, -0.1) is 0 Å². The number of carbonyl (C=O) groups excluding carboxylic acids is 1. The molecule has 0 aromatic heterocycles. The zero-order valence-electron chi connectivity index (χ0n) is 16.4. The molecule has 0 unspecified atom stereocenters. The van der Waals surface area contributed by atoms with Gasteiger partial charge < -0.3 is 15.5 Å². The van der Waals surface area contributed by atoms with Crippen LogP contribution in [0.3, 0.4) is 0 Å². The van der Waals surface area contributed by atoms with Crippen molar-refractivity contribution in [2.24, 2.45) is 4.99 Å². The number of amides is 1. The summed E-state index contributed by atoms with van der Waals surface area (Å²) in [5, 5.41) is 6.41. The van der Waals surface area contributed by atoms with Crippen LogP contribution in [0.2, 0.25) is 0 Å². The first-order chi connectivity index (χ1) is 13.4. The standard InChI is InChI=1S/C21H26BrFN4O/c1-4-24-21(26-14-17-8-9-18(22)13-19(17)23)25-11-10-15-6-5-7-16(12-15)20(28)27(2)3/h5-9,12-13H,4,10-11,14H2,1-3H3,(H2,24,25,26). The van der Waals surface area contributed by atoms with Crippen LogP contribution >= 0.6 is 15.9 Å². The maximum atomic E-state index is 13.9. The lowest BCUT2D eigenvalue weighted by Crippen LogP contribution is -2.38. The molecule has 150 valence electrons. The molecule has 2 aromatic carbocycles. The Labute approximate surface area is 174 Å². The summed E-state index contributed by atoms with van der Waals surface area (Å²) in [4.78, 5) is 18.1. The van der Waals surface area contributed by atoms with Gasteiger partial charge in [0.15, 0.2) is 5.96 Å². The molecule has 0 saturated heterocycles. The van der Waals surface area contributed by atoms with E-state index in [1.165, 1.54) is 6.07 Å². The van der Waals surface area contributed by atoms with Crippen LogP contribution in [0, 0.1) is 5.82 Å². The van der Waals surface area contributed by atoms with E-state index in [1.807, 2.05) is 31.2 Å². The van der Waals surface area contributed by atoms with Gasteiger partial charge in [-0.25, -0.2) is 9.38 Å². The van der Waals surface area contributed by atoms with Gasteiger partial charge in [0.25, 0.3) is 5.91 Å². The zero-order valence-corrected chi connectivity index (χ0v) is 18.0. The Balaban J connectivity index is 1.96. The Morgan fingerprint density at radius 3 is 2.64 bits per heavy atom. The molecule has 28 heavy (non-hydrogen) atoms. The number of hydrogen-bond donors (Lipinski definition) is 2. The Morgan fingerprint density at radius 2 is 1.96 bits per heavy atom. The molecular formula is C21H26BrFN4O. The average Bonchev–Trinajstić information content (AvgIpc) is 2.66. The minimum atomic E-state index is -0.281. The highest BCUT2D eigenvalue weighted by Crippen LogP contribution is 2.15. The van der Waals surface area contributed by atoms with E-state index in [9.17, 15) is 9.18 Å². The van der Waals surface area contributed by atoms with E-state index < -0.39 is 0 Å². The van der Waals surface area contributed by atoms with Crippen molar-refractivity contribution < 1.29 is 9.18 Å². The predicted molar refractivity (Wildman–Crippen MR) is 115 cm³/mol. The lowest BCUT2D eigenvalue weighted by atomic mass is 10.1. The van der Waals surface area contributed by atoms with Gasteiger partial charge in [0.1, 0.15) is 5.82 Å². The Morgan fingerprint density at radius 1 is 1.18 bits per heavy atom. The number of aliphatic imine (C=N–C) groups is 1. The molecule has 5 nitrogen and oxygen atoms in total. The zero-order chi connectivity index (χ0) is 20.5. The summed E-state index contributed by atoms with van der Waals surface area (Å²) < 4.78 is 14.7. The lowest BCUT2D eigenvalue weighted by molar-refractivity contribution is 0.0827. The molecule has 7 heteroatoms. The second kappa shape index (κ2) is 10.8. The Hall–Kier alpha value is -2.41. The summed E-state index contributed by atoms with van der Waals surface area (Å²) in [6, 6.07) is 12.6. The molecule has 0 saturated carbocycles. The van der Waals surface area contributed by atoms with Crippen molar-refractivity contribution in [2.45, 2.75) is 19.9 Å². The lowest BCUT2D eigenvalue weighted by Gasteiger charge is -2.13. The molecule has 0 spiro atoms. The monoisotopic (exact) mass is 448 g/mol. The first-order valence-corrected chi connectivity index (χ1v) is 9.96. The van der Waals surface area contributed by atoms with Crippen molar-refractivity contribution in [1.29, 1.82) is 0 Å². The van der Waals surface area contributed by atoms with E-state index in [2.05, 4.69) is 31.6 Å². The van der Waals surface area contributed by atoms with Crippen LogP contribution in [0.1, 0.15) is 28.4 Å². The fourth-order valence-electron chi connectivity index (χ4n) is 2.60. The first-order valence-electron chi connectivity index (χ1n) is 9.17. The fourth-order valence-corrected chi connectivity index (χ4v) is 2.93. The number of guanidine groups is 1. The van der Waals surface area contributed by atoms with E-state index >= 15 is 0 Å². The van der Waals surface area contributed by atoms with Crippen molar-refractivity contribution in [3.8, 4) is 0 Å². The molecule has 0 aliphatic rings. The summed E-state index contributed by atoms with van der Waals surface area (Å²) in [5.41, 5.74) is 2.28. The topological polar surface area (TPSA) is 56.7 Å². The molecule has 0 atom stereocenters. The van der Waals surface area contributed by atoms with Crippen molar-refractivity contribution >= 4 is 27.8 Å². The summed E-state index contributed by atoms with van der Waals surface area (Å²) in [6.45, 7) is 3.59. The van der Waals surface area contributed by atoms with Gasteiger partial charge in [0.05, 0.1) is 6.54 Å². The third kappa shape index (κ3) is 6.64. The molecule has 0 bridgehead atoms. The summed E-state index contributed by atoms with van der Waals surface area (Å²) in [7, 11) is 3.48. The maximum Gasteiger partial charge on any atom is 0.253 e. The minimum absolute atomic E-state index is 0.0127. The molecular weight excluding hydrogens is 423 g/mol. The van der Waals surface area contributed by atoms with Gasteiger partial charge >= 0.3 is 0 Å². The first kappa shape index (κ1) is 21.9. The quantitative estimate of drug-likeness (QED) is 0.502. The molecule has 0 radical (unpaired) electrons. The number of hydrogen-bond acceptors (Lipinski definition) is 2. The van der Waals surface area contributed by atoms with Crippen LogP contribution in [0.4, 0.5) is 4.39 Å². The van der Waals surface area contributed by atoms with E-state index in [1.54, 1.807) is 31.1 Å².